The summed E-state index contributed by atoms with van der Waals surface area (Å²) in [4.78, 5) is 19.2. The van der Waals surface area contributed by atoms with E-state index >= 15 is 0 Å². The molecule has 4 rings (SSSR count). The molecule has 1 N–H and O–H groups in total. The molecule has 0 unspecified atom stereocenters. The standard InChI is InChI=1S/C16H20N4O3S/c1-24(22,23)16-18-14(13-4-2-3-8-20(13)16)15(21)17-11-7-9-19(10-11)12-5-6-12/h2-4,8,11-12H,5-7,9-10H2,1H3,(H,17,21)/t11-/m0/s1. The molecule has 1 amide bonds. The number of amides is 1. The Kier molecular flexibility index (Phi) is 3.61. The average molecular weight is 348 g/mol. The van der Waals surface area contributed by atoms with E-state index in [2.05, 4.69) is 15.2 Å². The molecule has 0 bridgehead atoms. The first-order valence-electron chi connectivity index (χ1n) is 8.15. The van der Waals surface area contributed by atoms with Gasteiger partial charge in [-0.15, -0.1) is 0 Å². The zero-order valence-electron chi connectivity index (χ0n) is 13.5. The smallest absolute Gasteiger partial charge is 0.272 e. The van der Waals surface area contributed by atoms with Gasteiger partial charge in [-0.2, -0.15) is 0 Å². The maximum atomic E-state index is 12.6. The van der Waals surface area contributed by atoms with E-state index in [0.29, 0.717) is 11.6 Å². The molecule has 2 aliphatic rings. The minimum absolute atomic E-state index is 0.0974. The number of imidazole rings is 1. The predicted octanol–water partition coefficient (Wildman–Crippen LogP) is 0.704. The summed E-state index contributed by atoms with van der Waals surface area (Å²) in [5.41, 5.74) is 0.674. The van der Waals surface area contributed by atoms with Gasteiger partial charge in [0.2, 0.25) is 15.0 Å². The van der Waals surface area contributed by atoms with Crippen molar-refractivity contribution in [1.82, 2.24) is 19.6 Å². The van der Waals surface area contributed by atoms with Crippen molar-refractivity contribution in [2.45, 2.75) is 36.5 Å². The molecule has 1 atom stereocenters. The summed E-state index contributed by atoms with van der Waals surface area (Å²) in [7, 11) is -3.52. The second kappa shape index (κ2) is 5.56. The zero-order valence-corrected chi connectivity index (χ0v) is 14.3. The van der Waals surface area contributed by atoms with Gasteiger partial charge in [-0.05, 0) is 31.4 Å². The minimum Gasteiger partial charge on any atom is -0.347 e. The lowest BCUT2D eigenvalue weighted by molar-refractivity contribution is 0.0934. The van der Waals surface area contributed by atoms with Crippen LogP contribution >= 0.6 is 0 Å². The first-order chi connectivity index (χ1) is 11.4. The van der Waals surface area contributed by atoms with Crippen LogP contribution in [0.4, 0.5) is 0 Å². The van der Waals surface area contributed by atoms with Crippen LogP contribution in [0.15, 0.2) is 29.6 Å². The quantitative estimate of drug-likeness (QED) is 0.879. The van der Waals surface area contributed by atoms with Gasteiger partial charge in [-0.1, -0.05) is 6.07 Å². The van der Waals surface area contributed by atoms with Crippen molar-refractivity contribution in [3.63, 3.8) is 0 Å². The summed E-state index contributed by atoms with van der Waals surface area (Å²) in [5, 5.41) is 2.91. The van der Waals surface area contributed by atoms with Crippen molar-refractivity contribution in [2.75, 3.05) is 19.3 Å². The number of pyridine rings is 1. The molecule has 2 fully saturated rings. The van der Waals surface area contributed by atoms with Crippen molar-refractivity contribution < 1.29 is 13.2 Å². The number of likely N-dealkylation sites (tertiary alicyclic amines) is 1. The molecule has 1 aliphatic carbocycles. The van der Waals surface area contributed by atoms with Crippen LogP contribution in [0.1, 0.15) is 29.8 Å². The highest BCUT2D eigenvalue weighted by atomic mass is 32.2. The summed E-state index contributed by atoms with van der Waals surface area (Å²) >= 11 is 0. The van der Waals surface area contributed by atoms with E-state index in [0.717, 1.165) is 25.8 Å². The number of sulfone groups is 1. The molecule has 2 aromatic rings. The van der Waals surface area contributed by atoms with Gasteiger partial charge >= 0.3 is 0 Å². The molecule has 24 heavy (non-hydrogen) atoms. The Balaban J connectivity index is 1.60. The molecular formula is C16H20N4O3S. The average Bonchev–Trinajstić information content (AvgIpc) is 3.14. The highest BCUT2D eigenvalue weighted by Gasteiger charge is 2.35. The van der Waals surface area contributed by atoms with E-state index in [1.807, 2.05) is 0 Å². The van der Waals surface area contributed by atoms with Gasteiger partial charge in [0, 0.05) is 37.6 Å². The second-order valence-corrected chi connectivity index (χ2v) is 8.57. The third kappa shape index (κ3) is 2.80. The Hall–Kier alpha value is -1.93. The summed E-state index contributed by atoms with van der Waals surface area (Å²) < 4.78 is 25.3. The Morgan fingerprint density at radius 1 is 1.29 bits per heavy atom. The second-order valence-electron chi connectivity index (χ2n) is 6.66. The summed E-state index contributed by atoms with van der Waals surface area (Å²) in [6.45, 7) is 1.87. The van der Waals surface area contributed by atoms with Crippen LogP contribution in [0.3, 0.4) is 0 Å². The fourth-order valence-corrected chi connectivity index (χ4v) is 4.14. The monoisotopic (exact) mass is 348 g/mol. The Bertz CT molecular complexity index is 901. The van der Waals surface area contributed by atoms with Gasteiger partial charge < -0.3 is 5.32 Å². The first kappa shape index (κ1) is 15.6. The summed E-state index contributed by atoms with van der Waals surface area (Å²) in [6.07, 6.45) is 6.14. The molecule has 128 valence electrons. The van der Waals surface area contributed by atoms with E-state index < -0.39 is 9.84 Å². The molecule has 3 heterocycles. The Morgan fingerprint density at radius 3 is 2.79 bits per heavy atom. The van der Waals surface area contributed by atoms with Crippen molar-refractivity contribution in [1.29, 1.82) is 0 Å². The molecule has 1 saturated carbocycles. The molecule has 8 heteroatoms. The topological polar surface area (TPSA) is 83.8 Å². The highest BCUT2D eigenvalue weighted by Crippen LogP contribution is 2.30. The summed E-state index contributed by atoms with van der Waals surface area (Å²) in [6, 6.07) is 5.99. The summed E-state index contributed by atoms with van der Waals surface area (Å²) in [5.74, 6) is -0.309. The van der Waals surface area contributed by atoms with Crippen LogP contribution in [0.25, 0.3) is 5.52 Å². The van der Waals surface area contributed by atoms with Gasteiger partial charge in [0.15, 0.2) is 5.69 Å². The van der Waals surface area contributed by atoms with E-state index in [4.69, 9.17) is 0 Å². The maximum absolute atomic E-state index is 12.6. The molecule has 1 aliphatic heterocycles. The Labute approximate surface area is 140 Å². The molecular weight excluding hydrogens is 328 g/mol. The number of carbonyl (C=O) groups is 1. The van der Waals surface area contributed by atoms with Crippen LogP contribution < -0.4 is 5.32 Å². The first-order valence-corrected chi connectivity index (χ1v) is 10.0. The predicted molar refractivity (Wildman–Crippen MR) is 88.8 cm³/mol. The fraction of sp³-hybridized carbons (Fsp3) is 0.500. The maximum Gasteiger partial charge on any atom is 0.272 e. The lowest BCUT2D eigenvalue weighted by Gasteiger charge is -2.15. The van der Waals surface area contributed by atoms with Crippen LogP contribution in [0.5, 0.6) is 0 Å². The van der Waals surface area contributed by atoms with Crippen LogP contribution in [0, 0.1) is 0 Å². The number of nitrogens with zero attached hydrogens (tertiary/aromatic N) is 3. The molecule has 7 nitrogen and oxygen atoms in total. The molecule has 0 radical (unpaired) electrons. The van der Waals surface area contributed by atoms with Gasteiger partial charge in [-0.25, -0.2) is 13.4 Å². The van der Waals surface area contributed by atoms with E-state index in [1.165, 1.54) is 17.2 Å². The fourth-order valence-electron chi connectivity index (χ4n) is 3.37. The van der Waals surface area contributed by atoms with Crippen molar-refractivity contribution in [3.05, 3.63) is 30.1 Å². The van der Waals surface area contributed by atoms with Crippen LogP contribution in [-0.2, 0) is 9.84 Å². The third-order valence-corrected chi connectivity index (χ3v) is 5.63. The number of aromatic nitrogens is 2. The molecule has 1 saturated heterocycles. The number of hydrogen-bond acceptors (Lipinski definition) is 5. The third-order valence-electron chi connectivity index (χ3n) is 4.68. The van der Waals surface area contributed by atoms with Gasteiger partial charge in [0.1, 0.15) is 0 Å². The normalized spacial score (nSPS) is 22.1. The highest BCUT2D eigenvalue weighted by molar-refractivity contribution is 7.90. The van der Waals surface area contributed by atoms with E-state index in [9.17, 15) is 13.2 Å². The number of hydrogen-bond donors (Lipinski definition) is 1. The van der Waals surface area contributed by atoms with Crippen LogP contribution in [-0.4, -0.2) is 60.0 Å². The van der Waals surface area contributed by atoms with E-state index in [1.54, 1.807) is 24.4 Å². The van der Waals surface area contributed by atoms with Gasteiger partial charge in [0.25, 0.3) is 5.91 Å². The SMILES string of the molecule is CS(=O)(=O)c1nc(C(=O)N[C@H]2CCN(C3CC3)C2)c2ccccn12. The lowest BCUT2D eigenvalue weighted by Crippen LogP contribution is -2.37. The lowest BCUT2D eigenvalue weighted by atomic mass is 10.2. The number of fused-ring (bicyclic) bond motifs is 1. The van der Waals surface area contributed by atoms with Crippen molar-refractivity contribution in [3.8, 4) is 0 Å². The molecule has 0 spiro atoms. The molecule has 2 aromatic heterocycles. The molecule has 0 aromatic carbocycles. The number of nitrogens with one attached hydrogen (secondary N) is 1. The van der Waals surface area contributed by atoms with Crippen molar-refractivity contribution in [2.24, 2.45) is 0 Å². The van der Waals surface area contributed by atoms with Crippen LogP contribution in [0.2, 0.25) is 0 Å². The number of carbonyl (C=O) groups excluding carboxylic acids is 1. The van der Waals surface area contributed by atoms with E-state index in [-0.39, 0.29) is 22.8 Å². The minimum atomic E-state index is -3.52. The Morgan fingerprint density at radius 2 is 2.08 bits per heavy atom. The zero-order chi connectivity index (χ0) is 16.9. The van der Waals surface area contributed by atoms with Gasteiger partial charge in [-0.3, -0.25) is 14.1 Å². The number of rotatable bonds is 4. The van der Waals surface area contributed by atoms with Gasteiger partial charge in [0.05, 0.1) is 5.52 Å². The largest absolute Gasteiger partial charge is 0.347 e. The van der Waals surface area contributed by atoms with Crippen molar-refractivity contribution >= 4 is 21.3 Å².